The number of pyridine rings is 1. The van der Waals surface area contributed by atoms with Gasteiger partial charge in [0, 0.05) is 48.5 Å². The van der Waals surface area contributed by atoms with Gasteiger partial charge in [0.05, 0.1) is 0 Å². The zero-order valence-electron chi connectivity index (χ0n) is 15.3. The molecular weight excluding hydrogens is 420 g/mol. The smallest absolute Gasteiger partial charge is 0.483 e. The van der Waals surface area contributed by atoms with Crippen molar-refractivity contribution in [3.05, 3.63) is 58.6 Å². The molecule has 0 spiro atoms. The van der Waals surface area contributed by atoms with E-state index < -0.39 is 36.2 Å². The second-order valence-corrected chi connectivity index (χ2v) is 5.74. The molecule has 2 rings (SSSR count). The molecule has 1 aromatic carbocycles. The van der Waals surface area contributed by atoms with Crippen LogP contribution in [0, 0.1) is 5.41 Å². The third kappa shape index (κ3) is 6.29. The molecule has 0 amide bonds. The molecule has 12 heteroatoms. The summed E-state index contributed by atoms with van der Waals surface area (Å²) in [5.74, 6) is -0.921. The molecule has 0 unspecified atom stereocenters. The van der Waals surface area contributed by atoms with Crippen LogP contribution in [0.5, 0.6) is 11.5 Å². The molecule has 0 saturated carbocycles. The van der Waals surface area contributed by atoms with Crippen LogP contribution in [-0.4, -0.2) is 37.0 Å². The van der Waals surface area contributed by atoms with Crippen LogP contribution in [0.1, 0.15) is 5.56 Å². The van der Waals surface area contributed by atoms with Gasteiger partial charge in [0.2, 0.25) is 0 Å². The van der Waals surface area contributed by atoms with E-state index in [1.54, 1.807) is 0 Å². The second-order valence-electron chi connectivity index (χ2n) is 5.74. The predicted octanol–water partition coefficient (Wildman–Crippen LogP) is 3.89. The van der Waals surface area contributed by atoms with Crippen molar-refractivity contribution in [3.8, 4) is 17.2 Å². The summed E-state index contributed by atoms with van der Waals surface area (Å²) in [6.07, 6.45) is -6.28. The van der Waals surface area contributed by atoms with Gasteiger partial charge in [-0.2, -0.15) is 13.2 Å². The Morgan fingerprint density at radius 3 is 2.30 bits per heavy atom. The number of benzene rings is 1. The van der Waals surface area contributed by atoms with Crippen LogP contribution in [0.15, 0.2) is 47.5 Å². The second kappa shape index (κ2) is 8.93. The first-order valence-electron chi connectivity index (χ1n) is 8.14. The minimum absolute atomic E-state index is 0.0150. The average molecular weight is 435 g/mol. The van der Waals surface area contributed by atoms with Crippen LogP contribution in [0.4, 0.5) is 26.3 Å². The summed E-state index contributed by atoms with van der Waals surface area (Å²) in [6.45, 7) is -1.65. The van der Waals surface area contributed by atoms with Crippen LogP contribution < -0.4 is 20.3 Å². The quantitative estimate of drug-likeness (QED) is 0.511. The highest BCUT2D eigenvalue weighted by atomic mass is 19.4. The van der Waals surface area contributed by atoms with Crippen LogP contribution >= 0.6 is 0 Å². The van der Waals surface area contributed by atoms with E-state index in [1.807, 2.05) is 0 Å². The van der Waals surface area contributed by atoms with Crippen molar-refractivity contribution in [2.75, 3.05) is 13.7 Å². The van der Waals surface area contributed by atoms with E-state index in [9.17, 15) is 31.1 Å². The Morgan fingerprint density at radius 2 is 1.80 bits per heavy atom. The minimum atomic E-state index is -4.89. The van der Waals surface area contributed by atoms with E-state index in [-0.39, 0.29) is 16.8 Å². The molecule has 0 aliphatic carbocycles. The predicted molar refractivity (Wildman–Crippen MR) is 96.1 cm³/mol. The topological polar surface area (TPSA) is 76.3 Å². The van der Waals surface area contributed by atoms with Crippen LogP contribution in [0.2, 0.25) is 0 Å². The molecule has 0 atom stereocenters. The molecule has 0 fully saturated rings. The Kier molecular flexibility index (Phi) is 6.80. The molecule has 0 radical (unpaired) electrons. The van der Waals surface area contributed by atoms with Gasteiger partial charge < -0.3 is 20.2 Å². The number of ether oxygens (including phenoxy) is 2. The summed E-state index contributed by atoms with van der Waals surface area (Å²) in [5, 5.41) is 10.1. The van der Waals surface area contributed by atoms with E-state index in [2.05, 4.69) is 10.1 Å². The van der Waals surface area contributed by atoms with Crippen LogP contribution in [0.25, 0.3) is 11.3 Å². The lowest BCUT2D eigenvalue weighted by molar-refractivity contribution is -0.274. The third-order valence-corrected chi connectivity index (χ3v) is 3.52. The Bertz CT molecular complexity index is 979. The molecule has 1 heterocycles. The number of rotatable bonds is 7. The number of hydrogen-bond donors (Lipinski definition) is 2. The first-order valence-corrected chi connectivity index (χ1v) is 8.14. The molecule has 2 N–H and O–H groups in total. The van der Waals surface area contributed by atoms with Crippen LogP contribution in [0.3, 0.4) is 0 Å². The van der Waals surface area contributed by atoms with Gasteiger partial charge >= 0.3 is 12.5 Å². The highest BCUT2D eigenvalue weighted by molar-refractivity contribution is 6.09. The summed E-state index contributed by atoms with van der Waals surface area (Å²) >= 11 is 0. The first-order chi connectivity index (χ1) is 13.9. The van der Waals surface area contributed by atoms with Gasteiger partial charge in [-0.25, -0.2) is 0 Å². The van der Waals surface area contributed by atoms with Gasteiger partial charge in [0.1, 0.15) is 11.5 Å². The molecule has 0 saturated heterocycles. The standard InChI is InChI=1S/C18H15F6N3O3/c1-26-8-11(7-25)14-9-27(16(28)6-15(14)29-10-17(19,20)21)12-2-4-13(5-3-12)30-18(22,23)24/h2-9,25-26H,10H2,1H3/b11-8+,25-7?. The zero-order chi connectivity index (χ0) is 22.5. The Morgan fingerprint density at radius 1 is 1.17 bits per heavy atom. The van der Waals surface area contributed by atoms with Gasteiger partial charge in [-0.05, 0) is 24.3 Å². The summed E-state index contributed by atoms with van der Waals surface area (Å²) in [5.41, 5.74) is -0.597. The molecule has 2 aromatic rings. The van der Waals surface area contributed by atoms with Crippen molar-refractivity contribution < 1.29 is 35.8 Å². The Hall–Kier alpha value is -3.44. The summed E-state index contributed by atoms with van der Waals surface area (Å²) in [6, 6.07) is 5.07. The third-order valence-electron chi connectivity index (χ3n) is 3.52. The number of nitrogens with one attached hydrogen (secondary N) is 2. The maximum absolute atomic E-state index is 12.5. The number of hydrogen-bond acceptors (Lipinski definition) is 5. The van der Waals surface area contributed by atoms with Gasteiger partial charge in [-0.15, -0.1) is 13.2 Å². The molecule has 162 valence electrons. The van der Waals surface area contributed by atoms with Crippen molar-refractivity contribution in [1.82, 2.24) is 9.88 Å². The lowest BCUT2D eigenvalue weighted by Gasteiger charge is -2.16. The van der Waals surface area contributed by atoms with Crippen molar-refractivity contribution in [3.63, 3.8) is 0 Å². The van der Waals surface area contributed by atoms with Gasteiger partial charge in [-0.1, -0.05) is 0 Å². The number of aromatic nitrogens is 1. The molecule has 6 nitrogen and oxygen atoms in total. The molecule has 0 aliphatic heterocycles. The Balaban J connectivity index is 2.52. The van der Waals surface area contributed by atoms with E-state index in [4.69, 9.17) is 10.1 Å². The fourth-order valence-electron chi connectivity index (χ4n) is 2.37. The van der Waals surface area contributed by atoms with Crippen molar-refractivity contribution >= 4 is 11.8 Å². The van der Waals surface area contributed by atoms with Crippen molar-refractivity contribution in [2.24, 2.45) is 0 Å². The molecule has 0 bridgehead atoms. The van der Waals surface area contributed by atoms with E-state index in [0.717, 1.165) is 47.3 Å². The Labute approximate surface area is 165 Å². The van der Waals surface area contributed by atoms with Gasteiger partial charge in [-0.3, -0.25) is 9.36 Å². The monoisotopic (exact) mass is 435 g/mol. The average Bonchev–Trinajstić information content (AvgIpc) is 2.64. The largest absolute Gasteiger partial charge is 0.573 e. The number of nitrogens with zero attached hydrogens (tertiary/aromatic N) is 1. The van der Waals surface area contributed by atoms with Crippen LogP contribution in [-0.2, 0) is 0 Å². The number of alkyl halides is 6. The summed E-state index contributed by atoms with van der Waals surface area (Å²) < 4.78 is 83.9. The molecular formula is C18H15F6N3O3. The molecule has 1 aromatic heterocycles. The van der Waals surface area contributed by atoms with E-state index in [1.165, 1.54) is 13.2 Å². The normalized spacial score (nSPS) is 12.4. The van der Waals surface area contributed by atoms with Gasteiger partial charge in [0.25, 0.3) is 5.56 Å². The SMILES string of the molecule is CN/C=C(\C=N)c1cn(-c2ccc(OC(F)(F)F)cc2)c(=O)cc1OCC(F)(F)F. The number of halogens is 6. The highest BCUT2D eigenvalue weighted by Crippen LogP contribution is 2.27. The van der Waals surface area contributed by atoms with E-state index in [0.29, 0.717) is 0 Å². The lowest BCUT2D eigenvalue weighted by atomic mass is 10.1. The lowest BCUT2D eigenvalue weighted by Crippen LogP contribution is -2.23. The number of allylic oxidation sites excluding steroid dienone is 1. The van der Waals surface area contributed by atoms with Crippen molar-refractivity contribution in [2.45, 2.75) is 12.5 Å². The molecule has 30 heavy (non-hydrogen) atoms. The summed E-state index contributed by atoms with van der Waals surface area (Å²) in [7, 11) is 1.50. The van der Waals surface area contributed by atoms with Crippen molar-refractivity contribution in [1.29, 1.82) is 5.41 Å². The van der Waals surface area contributed by atoms with E-state index >= 15 is 0 Å². The first kappa shape index (κ1) is 22.8. The fraction of sp³-hybridized carbons (Fsp3) is 0.222. The maximum Gasteiger partial charge on any atom is 0.573 e. The minimum Gasteiger partial charge on any atom is -0.483 e. The maximum atomic E-state index is 12.5. The molecule has 0 aliphatic rings. The summed E-state index contributed by atoms with van der Waals surface area (Å²) in [4.78, 5) is 12.4. The fourth-order valence-corrected chi connectivity index (χ4v) is 2.37. The highest BCUT2D eigenvalue weighted by Gasteiger charge is 2.31. The van der Waals surface area contributed by atoms with Gasteiger partial charge in [0.15, 0.2) is 6.61 Å². The zero-order valence-corrected chi connectivity index (χ0v) is 15.3.